The van der Waals surface area contributed by atoms with Crippen LogP contribution in [0.15, 0.2) is 24.5 Å². The first-order chi connectivity index (χ1) is 9.19. The van der Waals surface area contributed by atoms with Gasteiger partial charge in [-0.3, -0.25) is 4.79 Å². The predicted molar refractivity (Wildman–Crippen MR) is 71.1 cm³/mol. The zero-order chi connectivity index (χ0) is 13.4. The van der Waals surface area contributed by atoms with Gasteiger partial charge in [0.15, 0.2) is 0 Å². The van der Waals surface area contributed by atoms with Gasteiger partial charge in [-0.25, -0.2) is 4.98 Å². The monoisotopic (exact) mass is 259 g/mol. The minimum atomic E-state index is -0.0345. The molecule has 1 N–H and O–H groups in total. The maximum absolute atomic E-state index is 12.4. The summed E-state index contributed by atoms with van der Waals surface area (Å²) in [6.45, 7) is 2.69. The highest BCUT2D eigenvalue weighted by atomic mass is 16.3. The van der Waals surface area contributed by atoms with Crippen molar-refractivity contribution in [3.8, 4) is 0 Å². The molecule has 1 aliphatic heterocycles. The number of nitrogens with zero attached hydrogens (tertiary/aromatic N) is 3. The first-order valence-corrected chi connectivity index (χ1v) is 6.56. The molecule has 100 valence electrons. The van der Waals surface area contributed by atoms with E-state index in [1.165, 1.54) is 0 Å². The molecule has 1 aliphatic rings. The second-order valence-electron chi connectivity index (χ2n) is 5.04. The molecule has 3 rings (SSSR count). The minimum Gasteiger partial charge on any atom is -0.394 e. The summed E-state index contributed by atoms with van der Waals surface area (Å²) < 4.78 is 1.87. The van der Waals surface area contributed by atoms with Gasteiger partial charge in [-0.2, -0.15) is 0 Å². The molecule has 0 spiro atoms. The summed E-state index contributed by atoms with van der Waals surface area (Å²) >= 11 is 0. The largest absolute Gasteiger partial charge is 0.394 e. The number of carbonyl (C=O) groups excluding carboxylic acids is 1. The van der Waals surface area contributed by atoms with Crippen molar-refractivity contribution in [1.82, 2.24) is 14.3 Å². The Hall–Kier alpha value is -1.88. The fraction of sp³-hybridized carbons (Fsp3) is 0.429. The van der Waals surface area contributed by atoms with Crippen LogP contribution in [0.25, 0.3) is 5.65 Å². The van der Waals surface area contributed by atoms with Crippen molar-refractivity contribution in [3.63, 3.8) is 0 Å². The van der Waals surface area contributed by atoms with Crippen molar-refractivity contribution in [2.45, 2.75) is 25.8 Å². The molecule has 0 saturated carbocycles. The van der Waals surface area contributed by atoms with Crippen LogP contribution in [0.4, 0.5) is 0 Å². The number of aliphatic hydroxyl groups is 1. The van der Waals surface area contributed by atoms with E-state index in [1.807, 2.05) is 29.8 Å². The van der Waals surface area contributed by atoms with Crippen LogP contribution in [-0.4, -0.2) is 44.5 Å². The standard InChI is InChI=1S/C14H17N3O2/c1-10-7-16-8-11(4-5-13(16)15-10)14(19)17-6-2-3-12(17)9-18/h4-5,7-8,12,18H,2-3,6,9H2,1H3/t12-/m1/s1. The van der Waals surface area contributed by atoms with E-state index in [-0.39, 0.29) is 18.6 Å². The molecule has 2 aromatic rings. The van der Waals surface area contributed by atoms with Gasteiger partial charge in [0.25, 0.3) is 5.91 Å². The van der Waals surface area contributed by atoms with Gasteiger partial charge in [-0.1, -0.05) is 0 Å². The summed E-state index contributed by atoms with van der Waals surface area (Å²) in [7, 11) is 0. The van der Waals surface area contributed by atoms with E-state index in [0.717, 1.165) is 30.7 Å². The number of carbonyl (C=O) groups is 1. The van der Waals surface area contributed by atoms with Crippen LogP contribution in [-0.2, 0) is 0 Å². The predicted octanol–water partition coefficient (Wildman–Crippen LogP) is 1.24. The topological polar surface area (TPSA) is 57.8 Å². The molecule has 0 radical (unpaired) electrons. The third kappa shape index (κ3) is 2.10. The molecule has 3 heterocycles. The lowest BCUT2D eigenvalue weighted by molar-refractivity contribution is 0.0677. The number of aromatic nitrogens is 2. The van der Waals surface area contributed by atoms with Gasteiger partial charge in [0.2, 0.25) is 0 Å². The maximum Gasteiger partial charge on any atom is 0.255 e. The molecule has 2 aromatic heterocycles. The zero-order valence-corrected chi connectivity index (χ0v) is 10.9. The quantitative estimate of drug-likeness (QED) is 0.882. The van der Waals surface area contributed by atoms with Crippen molar-refractivity contribution >= 4 is 11.6 Å². The number of hydrogen-bond donors (Lipinski definition) is 1. The van der Waals surface area contributed by atoms with Crippen molar-refractivity contribution in [2.75, 3.05) is 13.2 Å². The lowest BCUT2D eigenvalue weighted by atomic mass is 10.2. The summed E-state index contributed by atoms with van der Waals surface area (Å²) in [4.78, 5) is 18.6. The van der Waals surface area contributed by atoms with E-state index in [9.17, 15) is 9.90 Å². The van der Waals surface area contributed by atoms with Gasteiger partial charge in [0.05, 0.1) is 23.9 Å². The van der Waals surface area contributed by atoms with Gasteiger partial charge < -0.3 is 14.4 Å². The molecular weight excluding hydrogens is 242 g/mol. The van der Waals surface area contributed by atoms with E-state index in [1.54, 1.807) is 11.0 Å². The molecule has 0 bridgehead atoms. The lowest BCUT2D eigenvalue weighted by Crippen LogP contribution is -2.37. The Morgan fingerprint density at radius 1 is 1.47 bits per heavy atom. The van der Waals surface area contributed by atoms with E-state index >= 15 is 0 Å². The first kappa shape index (κ1) is 12.2. The zero-order valence-electron chi connectivity index (χ0n) is 10.9. The van der Waals surface area contributed by atoms with Crippen LogP contribution < -0.4 is 0 Å². The number of aliphatic hydroxyl groups excluding tert-OH is 1. The Balaban J connectivity index is 1.92. The van der Waals surface area contributed by atoms with Gasteiger partial charge >= 0.3 is 0 Å². The molecule has 1 amide bonds. The average molecular weight is 259 g/mol. The summed E-state index contributed by atoms with van der Waals surface area (Å²) in [6.07, 6.45) is 5.56. The van der Waals surface area contributed by atoms with E-state index in [2.05, 4.69) is 4.98 Å². The fourth-order valence-corrected chi connectivity index (χ4v) is 2.70. The third-order valence-corrected chi connectivity index (χ3v) is 3.67. The highest BCUT2D eigenvalue weighted by Crippen LogP contribution is 2.20. The number of likely N-dealkylation sites (tertiary alicyclic amines) is 1. The molecule has 19 heavy (non-hydrogen) atoms. The van der Waals surface area contributed by atoms with Crippen LogP contribution in [0.5, 0.6) is 0 Å². The van der Waals surface area contributed by atoms with Crippen LogP contribution in [0.3, 0.4) is 0 Å². The van der Waals surface area contributed by atoms with E-state index in [4.69, 9.17) is 0 Å². The number of imidazole rings is 1. The van der Waals surface area contributed by atoms with Crippen molar-refractivity contribution < 1.29 is 9.90 Å². The number of rotatable bonds is 2. The number of fused-ring (bicyclic) bond motifs is 1. The summed E-state index contributed by atoms with van der Waals surface area (Å²) in [6, 6.07) is 3.62. The Kier molecular flexibility index (Phi) is 2.98. The first-order valence-electron chi connectivity index (χ1n) is 6.56. The van der Waals surface area contributed by atoms with Gasteiger partial charge in [0, 0.05) is 18.9 Å². The summed E-state index contributed by atoms with van der Waals surface area (Å²) in [5.41, 5.74) is 2.42. The fourth-order valence-electron chi connectivity index (χ4n) is 2.70. The Labute approximate surface area is 111 Å². The minimum absolute atomic E-state index is 0.00944. The van der Waals surface area contributed by atoms with Crippen LogP contribution >= 0.6 is 0 Å². The molecule has 1 atom stereocenters. The van der Waals surface area contributed by atoms with Crippen molar-refractivity contribution in [1.29, 1.82) is 0 Å². The number of aryl methyl sites for hydroxylation is 1. The molecule has 0 aromatic carbocycles. The molecule has 0 aliphatic carbocycles. The highest BCUT2D eigenvalue weighted by molar-refractivity contribution is 5.94. The number of hydrogen-bond acceptors (Lipinski definition) is 3. The van der Waals surface area contributed by atoms with Gasteiger partial charge in [0.1, 0.15) is 5.65 Å². The Bertz CT molecular complexity index is 620. The van der Waals surface area contributed by atoms with Crippen molar-refractivity contribution in [3.05, 3.63) is 35.8 Å². The molecule has 1 fully saturated rings. The van der Waals surface area contributed by atoms with Crippen molar-refractivity contribution in [2.24, 2.45) is 0 Å². The molecule has 1 saturated heterocycles. The van der Waals surface area contributed by atoms with E-state index < -0.39 is 0 Å². The Morgan fingerprint density at radius 3 is 3.11 bits per heavy atom. The summed E-state index contributed by atoms with van der Waals surface area (Å²) in [5.74, 6) is -0.00944. The number of pyridine rings is 1. The normalized spacial score (nSPS) is 19.3. The van der Waals surface area contributed by atoms with Gasteiger partial charge in [-0.15, -0.1) is 0 Å². The number of amides is 1. The molecular formula is C14H17N3O2. The lowest BCUT2D eigenvalue weighted by Gasteiger charge is -2.23. The molecule has 5 heteroatoms. The van der Waals surface area contributed by atoms with Crippen LogP contribution in [0.1, 0.15) is 28.9 Å². The molecule has 0 unspecified atom stereocenters. The summed E-state index contributed by atoms with van der Waals surface area (Å²) in [5, 5.41) is 9.30. The van der Waals surface area contributed by atoms with E-state index in [0.29, 0.717) is 5.56 Å². The van der Waals surface area contributed by atoms with Gasteiger partial charge in [-0.05, 0) is 31.9 Å². The average Bonchev–Trinajstić information content (AvgIpc) is 3.01. The highest BCUT2D eigenvalue weighted by Gasteiger charge is 2.28. The Morgan fingerprint density at radius 2 is 2.32 bits per heavy atom. The SMILES string of the molecule is Cc1cn2cc(C(=O)N3CCC[C@@H]3CO)ccc2n1. The maximum atomic E-state index is 12.4. The second-order valence-corrected chi connectivity index (χ2v) is 5.04. The third-order valence-electron chi connectivity index (χ3n) is 3.67. The smallest absolute Gasteiger partial charge is 0.255 e. The van der Waals surface area contributed by atoms with Crippen LogP contribution in [0.2, 0.25) is 0 Å². The second kappa shape index (κ2) is 4.66. The molecule has 5 nitrogen and oxygen atoms in total. The van der Waals surface area contributed by atoms with Crippen LogP contribution in [0, 0.1) is 6.92 Å².